The molecule has 0 saturated heterocycles. The molecule has 0 radical (unpaired) electrons. The molecule has 0 spiro atoms. The van der Waals surface area contributed by atoms with Crippen LogP contribution in [0.15, 0.2) is 212 Å². The van der Waals surface area contributed by atoms with Crippen molar-refractivity contribution in [2.75, 3.05) is 0 Å². The van der Waals surface area contributed by atoms with Crippen LogP contribution in [0.2, 0.25) is 0 Å². The summed E-state index contributed by atoms with van der Waals surface area (Å²) in [7, 11) is 0. The molecular weight excluding hydrogens is 783 g/mol. The average Bonchev–Trinajstić information content (AvgIpc) is 3.90. The lowest BCUT2D eigenvalue weighted by Crippen LogP contribution is -2.06. The molecule has 7 nitrogen and oxygen atoms in total. The van der Waals surface area contributed by atoms with Crippen LogP contribution < -0.4 is 0 Å². The lowest BCUT2D eigenvalue weighted by Gasteiger charge is -2.12. The Morgan fingerprint density at radius 2 is 0.797 bits per heavy atom. The smallest absolute Gasteiger partial charge is 0.238 e. The van der Waals surface area contributed by atoms with Gasteiger partial charge in [-0.2, -0.15) is 9.97 Å². The molecule has 64 heavy (non-hydrogen) atoms. The van der Waals surface area contributed by atoms with E-state index < -0.39 is 0 Å². The van der Waals surface area contributed by atoms with Crippen LogP contribution in [0.4, 0.5) is 0 Å². The molecule has 13 rings (SSSR count). The molecule has 9 aromatic carbocycles. The Morgan fingerprint density at radius 3 is 1.45 bits per heavy atom. The Morgan fingerprint density at radius 1 is 0.281 bits per heavy atom. The fourth-order valence-electron chi connectivity index (χ4n) is 9.46. The first-order valence-electron chi connectivity index (χ1n) is 21.4. The third-order valence-electron chi connectivity index (χ3n) is 12.4. The number of fused-ring (bicyclic) bond motifs is 3. The van der Waals surface area contributed by atoms with Gasteiger partial charge in [0.2, 0.25) is 11.9 Å². The predicted octanol–water partition coefficient (Wildman–Crippen LogP) is 13.8. The molecule has 298 valence electrons. The zero-order valence-electron chi connectivity index (χ0n) is 34.3. The summed E-state index contributed by atoms with van der Waals surface area (Å²) in [5.74, 6) is 2.46. The minimum atomic E-state index is 0.577. The molecule has 0 aliphatic rings. The van der Waals surface area contributed by atoms with Crippen molar-refractivity contribution in [1.82, 2.24) is 34.1 Å². The summed E-state index contributed by atoms with van der Waals surface area (Å²) in [6.45, 7) is 0. The summed E-state index contributed by atoms with van der Waals surface area (Å²) in [4.78, 5) is 25.8. The van der Waals surface area contributed by atoms with Gasteiger partial charge in [-0.1, -0.05) is 176 Å². The van der Waals surface area contributed by atoms with Crippen LogP contribution in [0.25, 0.3) is 123 Å². The number of rotatable bonds is 7. The van der Waals surface area contributed by atoms with Gasteiger partial charge in [0.25, 0.3) is 0 Å². The zero-order chi connectivity index (χ0) is 42.1. The molecule has 0 fully saturated rings. The van der Waals surface area contributed by atoms with Gasteiger partial charge >= 0.3 is 0 Å². The van der Waals surface area contributed by atoms with E-state index in [1.807, 2.05) is 72.8 Å². The quantitative estimate of drug-likeness (QED) is 0.150. The maximum atomic E-state index is 5.25. The first-order valence-corrected chi connectivity index (χ1v) is 21.4. The molecule has 0 atom stereocenters. The highest BCUT2D eigenvalue weighted by atomic mass is 15.2. The number of nitrogens with zero attached hydrogens (tertiary/aromatic N) is 7. The van der Waals surface area contributed by atoms with Crippen molar-refractivity contribution in [2.45, 2.75) is 0 Å². The van der Waals surface area contributed by atoms with Gasteiger partial charge in [-0.15, -0.1) is 0 Å². The maximum Gasteiger partial charge on any atom is 0.238 e. The Hall–Kier alpha value is -8.81. The highest BCUT2D eigenvalue weighted by molar-refractivity contribution is 6.26. The van der Waals surface area contributed by atoms with Crippen LogP contribution in [-0.2, 0) is 0 Å². The van der Waals surface area contributed by atoms with Crippen molar-refractivity contribution in [1.29, 1.82) is 0 Å². The topological polar surface area (TPSA) is 74.3 Å². The lowest BCUT2D eigenvalue weighted by atomic mass is 9.94. The molecular formula is C57H35N7. The summed E-state index contributed by atoms with van der Waals surface area (Å²) >= 11 is 0. The Balaban J connectivity index is 1.01. The Bertz CT molecular complexity index is 3760. The van der Waals surface area contributed by atoms with Gasteiger partial charge in [0.05, 0.1) is 33.5 Å². The molecule has 7 heteroatoms. The Labute approximate surface area is 367 Å². The average molecular weight is 818 g/mol. The van der Waals surface area contributed by atoms with Gasteiger partial charge in [0.1, 0.15) is 0 Å². The van der Waals surface area contributed by atoms with Gasteiger partial charge in [0.15, 0.2) is 11.6 Å². The van der Waals surface area contributed by atoms with E-state index in [0.717, 1.165) is 88.4 Å². The lowest BCUT2D eigenvalue weighted by molar-refractivity contribution is 0.954. The minimum absolute atomic E-state index is 0.577. The van der Waals surface area contributed by atoms with E-state index >= 15 is 0 Å². The van der Waals surface area contributed by atoms with Crippen LogP contribution in [0.5, 0.6) is 0 Å². The fourth-order valence-corrected chi connectivity index (χ4v) is 9.46. The standard InChI is InChI=1S/C57H35N7/c1-5-16-36(17-6-1)46-35-47(37-18-7-2-8-19-37)59-56(58-46)63-48-26-14-13-25-43(48)45-34-41(29-32-49(45)63)42-31-33-51-53-44(42)30-28-38-24-15-27-50(52(38)53)64(51)57-61-54(39-20-9-3-10-21-39)60-55(62-57)40-22-11-4-12-23-40/h1-35H. The van der Waals surface area contributed by atoms with Crippen LogP contribution in [0.3, 0.4) is 0 Å². The molecule has 0 bridgehead atoms. The van der Waals surface area contributed by atoms with Crippen LogP contribution in [0.1, 0.15) is 0 Å². The van der Waals surface area contributed by atoms with Crippen molar-refractivity contribution in [3.05, 3.63) is 212 Å². The molecule has 0 amide bonds. The van der Waals surface area contributed by atoms with Gasteiger partial charge in [-0.25, -0.2) is 15.0 Å². The van der Waals surface area contributed by atoms with Gasteiger partial charge in [-0.05, 0) is 58.3 Å². The third kappa shape index (κ3) is 5.72. The second kappa shape index (κ2) is 14.4. The van der Waals surface area contributed by atoms with E-state index in [1.54, 1.807) is 0 Å². The molecule has 13 aromatic rings. The van der Waals surface area contributed by atoms with E-state index in [2.05, 4.69) is 149 Å². The number of hydrogen-bond donors (Lipinski definition) is 0. The first kappa shape index (κ1) is 35.9. The van der Waals surface area contributed by atoms with Crippen molar-refractivity contribution < 1.29 is 0 Å². The van der Waals surface area contributed by atoms with Crippen LogP contribution >= 0.6 is 0 Å². The van der Waals surface area contributed by atoms with E-state index in [4.69, 9.17) is 24.9 Å². The van der Waals surface area contributed by atoms with Crippen molar-refractivity contribution in [3.63, 3.8) is 0 Å². The molecule has 0 aliphatic heterocycles. The second-order valence-electron chi connectivity index (χ2n) is 16.1. The van der Waals surface area contributed by atoms with E-state index in [1.165, 1.54) is 10.8 Å². The summed E-state index contributed by atoms with van der Waals surface area (Å²) in [5.41, 5.74) is 12.1. The van der Waals surface area contributed by atoms with E-state index in [9.17, 15) is 0 Å². The fraction of sp³-hybridized carbons (Fsp3) is 0. The summed E-state index contributed by atoms with van der Waals surface area (Å²) in [6.07, 6.45) is 0. The Kier molecular flexibility index (Phi) is 8.08. The molecule has 0 saturated carbocycles. The SMILES string of the molecule is c1ccc(-c2cc(-c3ccccc3)nc(-n3c4ccccc4c4cc(-c5ccc6c7c5ccc5cccc(c57)n6-c5nc(-c6ccccc6)nc(-c6ccccc6)n5)ccc43)n2)cc1. The van der Waals surface area contributed by atoms with Crippen molar-refractivity contribution in [2.24, 2.45) is 0 Å². The zero-order valence-corrected chi connectivity index (χ0v) is 34.3. The predicted molar refractivity (Wildman–Crippen MR) is 260 cm³/mol. The number of benzene rings is 9. The first-order chi connectivity index (χ1) is 31.7. The molecule has 0 aliphatic carbocycles. The third-order valence-corrected chi connectivity index (χ3v) is 12.4. The van der Waals surface area contributed by atoms with Gasteiger partial charge < -0.3 is 0 Å². The van der Waals surface area contributed by atoms with Crippen molar-refractivity contribution >= 4 is 54.4 Å². The summed E-state index contributed by atoms with van der Waals surface area (Å²) in [5, 5.41) is 6.95. The molecule has 4 heterocycles. The molecule has 4 aromatic heterocycles. The molecule has 0 N–H and O–H groups in total. The van der Waals surface area contributed by atoms with E-state index in [0.29, 0.717) is 23.5 Å². The maximum absolute atomic E-state index is 5.25. The van der Waals surface area contributed by atoms with E-state index in [-0.39, 0.29) is 0 Å². The number of aromatic nitrogens is 7. The van der Waals surface area contributed by atoms with Crippen LogP contribution in [0, 0.1) is 0 Å². The monoisotopic (exact) mass is 817 g/mol. The normalized spacial score (nSPS) is 11.8. The van der Waals surface area contributed by atoms with Gasteiger partial charge in [-0.3, -0.25) is 9.13 Å². The highest BCUT2D eigenvalue weighted by Gasteiger charge is 2.23. The van der Waals surface area contributed by atoms with Crippen molar-refractivity contribution in [3.8, 4) is 68.3 Å². The number of hydrogen-bond acceptors (Lipinski definition) is 5. The summed E-state index contributed by atoms with van der Waals surface area (Å²) in [6, 6.07) is 73.9. The second-order valence-corrected chi connectivity index (χ2v) is 16.1. The van der Waals surface area contributed by atoms with Gasteiger partial charge in [0, 0.05) is 43.8 Å². The highest BCUT2D eigenvalue weighted by Crippen LogP contribution is 2.44. The molecule has 0 unspecified atom stereocenters. The minimum Gasteiger partial charge on any atom is -0.278 e. The van der Waals surface area contributed by atoms with Crippen LogP contribution in [-0.4, -0.2) is 34.1 Å². The largest absolute Gasteiger partial charge is 0.278 e. The summed E-state index contributed by atoms with van der Waals surface area (Å²) < 4.78 is 4.42. The number of para-hydroxylation sites is 1.